The summed E-state index contributed by atoms with van der Waals surface area (Å²) in [6.07, 6.45) is 33.4. The average molecular weight is 567 g/mol. The molecule has 0 unspecified atom stereocenters. The third-order valence-corrected chi connectivity index (χ3v) is 7.64. The molecule has 0 saturated carbocycles. The minimum absolute atomic E-state index is 0.0413. The van der Waals surface area contributed by atoms with Crippen LogP contribution in [0.2, 0.25) is 0 Å². The highest BCUT2D eigenvalue weighted by molar-refractivity contribution is 8.76. The molecule has 0 spiro atoms. The fourth-order valence-electron chi connectivity index (χ4n) is 3.19. The van der Waals surface area contributed by atoms with Crippen LogP contribution in [0.25, 0.3) is 0 Å². The lowest BCUT2D eigenvalue weighted by Crippen LogP contribution is -2.26. The Balaban J connectivity index is 1.89. The largest absolute Gasteiger partial charge is 0.355 e. The van der Waals surface area contributed by atoms with Crippen molar-refractivity contribution in [1.29, 1.82) is 0 Å². The quantitative estimate of drug-likeness (QED) is 0.0841. The van der Waals surface area contributed by atoms with Crippen molar-refractivity contribution in [2.24, 2.45) is 0 Å². The van der Waals surface area contributed by atoms with E-state index in [0.717, 1.165) is 56.5 Å². The lowest BCUT2D eigenvalue weighted by molar-refractivity contribution is -0.120. The molecule has 212 valence electrons. The number of amides is 2. The van der Waals surface area contributed by atoms with Crippen molar-refractivity contribution >= 4 is 33.4 Å². The zero-order valence-corrected chi connectivity index (χ0v) is 25.1. The zero-order valence-electron chi connectivity index (χ0n) is 23.4. The minimum atomic E-state index is -0.0413. The first-order valence-electron chi connectivity index (χ1n) is 14.0. The van der Waals surface area contributed by atoms with E-state index in [4.69, 9.17) is 0 Å². The van der Waals surface area contributed by atoms with Gasteiger partial charge in [-0.2, -0.15) is 0 Å². The summed E-state index contributed by atoms with van der Waals surface area (Å²) in [6, 6.07) is 9.23. The van der Waals surface area contributed by atoms with Crippen molar-refractivity contribution in [3.8, 4) is 0 Å². The SMILES string of the molecule is CCC=CCC=CCC=CCC=CCC=CCC=CCCC(=O)NCCSSCCNC(=O)c1ccccc1. The highest BCUT2D eigenvalue weighted by Crippen LogP contribution is 2.19. The summed E-state index contributed by atoms with van der Waals surface area (Å²) in [4.78, 5) is 23.9. The van der Waals surface area contributed by atoms with Crippen molar-refractivity contribution in [1.82, 2.24) is 10.6 Å². The van der Waals surface area contributed by atoms with Crippen molar-refractivity contribution in [2.45, 2.75) is 58.3 Å². The van der Waals surface area contributed by atoms with Gasteiger partial charge in [0.05, 0.1) is 0 Å². The molecular weight excluding hydrogens is 521 g/mol. The molecule has 0 aliphatic heterocycles. The molecule has 0 aliphatic rings. The van der Waals surface area contributed by atoms with E-state index in [2.05, 4.69) is 90.5 Å². The molecule has 1 aromatic rings. The standard InChI is InChI=1S/C33H46N2O2S2/c1-2-3-4-5-6-7-8-9-10-11-12-13-14-15-16-17-18-19-23-26-32(36)34-27-29-38-39-30-28-35-33(37)31-24-21-20-22-25-31/h3-4,6-7,9-10,12-13,15-16,18-22,24-25H,2,5,8,11,14,17,23,26-30H2,1H3,(H,34,36)(H,35,37). The second kappa shape index (κ2) is 26.9. The summed E-state index contributed by atoms with van der Waals surface area (Å²) in [6.45, 7) is 3.44. The van der Waals surface area contributed by atoms with Crippen molar-refractivity contribution < 1.29 is 9.59 Å². The summed E-state index contributed by atoms with van der Waals surface area (Å²) in [5.41, 5.74) is 0.682. The van der Waals surface area contributed by atoms with E-state index >= 15 is 0 Å². The number of carbonyl (C=O) groups excluding carboxylic acids is 2. The molecule has 39 heavy (non-hydrogen) atoms. The van der Waals surface area contributed by atoms with E-state index in [1.165, 1.54) is 0 Å². The number of hydrogen-bond donors (Lipinski definition) is 2. The monoisotopic (exact) mass is 566 g/mol. The molecule has 0 aromatic heterocycles. The molecule has 0 aliphatic carbocycles. The van der Waals surface area contributed by atoms with Crippen molar-refractivity contribution in [3.63, 3.8) is 0 Å². The first kappa shape index (κ1) is 34.3. The summed E-state index contributed by atoms with van der Waals surface area (Å²) >= 11 is 0. The Hall–Kier alpha value is -2.70. The summed E-state index contributed by atoms with van der Waals surface area (Å²) in [7, 11) is 3.42. The maximum Gasteiger partial charge on any atom is 0.251 e. The van der Waals surface area contributed by atoms with Gasteiger partial charge in [0, 0.05) is 36.6 Å². The maximum absolute atomic E-state index is 11.9. The highest BCUT2D eigenvalue weighted by atomic mass is 33.1. The number of carbonyl (C=O) groups is 2. The molecule has 1 rings (SSSR count). The van der Waals surface area contributed by atoms with Crippen LogP contribution in [-0.2, 0) is 4.79 Å². The van der Waals surface area contributed by atoms with Gasteiger partial charge in [-0.1, -0.05) is 120 Å². The van der Waals surface area contributed by atoms with E-state index in [0.29, 0.717) is 25.1 Å². The third kappa shape index (κ3) is 22.9. The van der Waals surface area contributed by atoms with E-state index in [1.54, 1.807) is 21.6 Å². The Labute approximate surface area is 244 Å². The topological polar surface area (TPSA) is 58.2 Å². The Morgan fingerprint density at radius 1 is 0.641 bits per heavy atom. The van der Waals surface area contributed by atoms with Crippen LogP contribution in [-0.4, -0.2) is 36.4 Å². The number of nitrogens with one attached hydrogen (secondary N) is 2. The van der Waals surface area contributed by atoms with Crippen LogP contribution in [0.3, 0.4) is 0 Å². The van der Waals surface area contributed by atoms with Crippen LogP contribution in [0.4, 0.5) is 0 Å². The normalized spacial score (nSPS) is 12.2. The molecule has 6 heteroatoms. The average Bonchev–Trinajstić information content (AvgIpc) is 2.96. The van der Waals surface area contributed by atoms with Crippen LogP contribution in [0.1, 0.15) is 68.6 Å². The van der Waals surface area contributed by atoms with Gasteiger partial charge in [0.15, 0.2) is 0 Å². The molecule has 0 atom stereocenters. The molecule has 0 fully saturated rings. The first-order valence-corrected chi connectivity index (χ1v) is 16.5. The van der Waals surface area contributed by atoms with Gasteiger partial charge in [0.25, 0.3) is 5.91 Å². The van der Waals surface area contributed by atoms with E-state index < -0.39 is 0 Å². The molecule has 0 saturated heterocycles. The molecular formula is C33H46N2O2S2. The molecule has 2 N–H and O–H groups in total. The molecule has 0 heterocycles. The lowest BCUT2D eigenvalue weighted by Gasteiger charge is -2.06. The van der Waals surface area contributed by atoms with E-state index in [-0.39, 0.29) is 11.8 Å². The second-order valence-electron chi connectivity index (χ2n) is 8.57. The van der Waals surface area contributed by atoms with Gasteiger partial charge in [0.1, 0.15) is 0 Å². The van der Waals surface area contributed by atoms with E-state index in [9.17, 15) is 9.59 Å². The zero-order chi connectivity index (χ0) is 28.1. The number of benzene rings is 1. The van der Waals surface area contributed by atoms with Crippen molar-refractivity contribution in [2.75, 3.05) is 24.6 Å². The molecule has 4 nitrogen and oxygen atoms in total. The van der Waals surface area contributed by atoms with Crippen molar-refractivity contribution in [3.05, 3.63) is 109 Å². The van der Waals surface area contributed by atoms with Crippen LogP contribution >= 0.6 is 21.6 Å². The Morgan fingerprint density at radius 2 is 1.10 bits per heavy atom. The lowest BCUT2D eigenvalue weighted by atomic mass is 10.2. The van der Waals surface area contributed by atoms with Gasteiger partial charge in [-0.25, -0.2) is 0 Å². The van der Waals surface area contributed by atoms with Gasteiger partial charge in [-0.05, 0) is 57.1 Å². The van der Waals surface area contributed by atoms with Crippen LogP contribution < -0.4 is 10.6 Å². The number of allylic oxidation sites excluding steroid dienone is 12. The third-order valence-electron chi connectivity index (χ3n) is 5.23. The smallest absolute Gasteiger partial charge is 0.251 e. The fourth-order valence-corrected chi connectivity index (χ4v) is 5.00. The summed E-state index contributed by atoms with van der Waals surface area (Å²) in [5, 5.41) is 5.88. The maximum atomic E-state index is 11.9. The molecule has 1 aromatic carbocycles. The minimum Gasteiger partial charge on any atom is -0.355 e. The number of rotatable bonds is 22. The van der Waals surface area contributed by atoms with Gasteiger partial charge in [-0.3, -0.25) is 9.59 Å². The Bertz CT molecular complexity index is 934. The van der Waals surface area contributed by atoms with E-state index in [1.807, 2.05) is 30.3 Å². The summed E-state index contributed by atoms with van der Waals surface area (Å²) in [5.74, 6) is 1.73. The molecule has 2 amide bonds. The highest BCUT2D eigenvalue weighted by Gasteiger charge is 2.03. The van der Waals surface area contributed by atoms with Gasteiger partial charge >= 0.3 is 0 Å². The molecule has 0 bridgehead atoms. The predicted octanol–water partition coefficient (Wildman–Crippen LogP) is 8.39. The summed E-state index contributed by atoms with van der Waals surface area (Å²) < 4.78 is 0. The number of hydrogen-bond acceptors (Lipinski definition) is 4. The van der Waals surface area contributed by atoms with Gasteiger partial charge < -0.3 is 10.6 Å². The predicted molar refractivity (Wildman–Crippen MR) is 174 cm³/mol. The fraction of sp³-hybridized carbons (Fsp3) is 0.394. The Kier molecular flexibility index (Phi) is 23.7. The first-order chi connectivity index (χ1) is 19.2. The van der Waals surface area contributed by atoms with Crippen LogP contribution in [0.15, 0.2) is 103 Å². The van der Waals surface area contributed by atoms with Crippen LogP contribution in [0.5, 0.6) is 0 Å². The molecule has 0 radical (unpaired) electrons. The van der Waals surface area contributed by atoms with Crippen LogP contribution in [0, 0.1) is 0 Å². The van der Waals surface area contributed by atoms with Gasteiger partial charge in [0.2, 0.25) is 5.91 Å². The van der Waals surface area contributed by atoms with Gasteiger partial charge in [-0.15, -0.1) is 0 Å². The second-order valence-corrected chi connectivity index (χ2v) is 11.3. The Morgan fingerprint density at radius 3 is 1.62 bits per heavy atom.